The summed E-state index contributed by atoms with van der Waals surface area (Å²) in [7, 11) is 1.65. The van der Waals surface area contributed by atoms with Gasteiger partial charge >= 0.3 is 0 Å². The molecule has 1 N–H and O–H groups in total. The van der Waals surface area contributed by atoms with Gasteiger partial charge in [-0.25, -0.2) is 8.78 Å². The fourth-order valence-corrected chi connectivity index (χ4v) is 3.62. The van der Waals surface area contributed by atoms with E-state index < -0.39 is 17.7 Å². The third kappa shape index (κ3) is 2.70. The summed E-state index contributed by atoms with van der Waals surface area (Å²) in [5, 5.41) is 5.34. The molecule has 1 atom stereocenters. The van der Waals surface area contributed by atoms with Gasteiger partial charge in [-0.05, 0) is 53.0 Å². The smallest absolute Gasteiger partial charge is 0.145 e. The second-order valence-corrected chi connectivity index (χ2v) is 6.22. The lowest BCUT2D eigenvalue weighted by molar-refractivity contribution is 0.521. The summed E-state index contributed by atoms with van der Waals surface area (Å²) < 4.78 is 28.3. The number of thiophene rings is 1. The molecule has 0 aliphatic rings. The van der Waals surface area contributed by atoms with E-state index in [0.29, 0.717) is 9.90 Å². The van der Waals surface area contributed by atoms with Crippen molar-refractivity contribution >= 4 is 38.9 Å². The Morgan fingerprint density at radius 3 is 2.58 bits per heavy atom. The molecule has 0 aliphatic carbocycles. The maximum Gasteiger partial charge on any atom is 0.145 e. The summed E-state index contributed by atoms with van der Waals surface area (Å²) in [5.41, 5.74) is 0.873. The van der Waals surface area contributed by atoms with Crippen molar-refractivity contribution < 1.29 is 8.78 Å². The molecule has 2 aromatic rings. The maximum absolute atomic E-state index is 14.2. The van der Waals surface area contributed by atoms with Crippen LogP contribution in [0.15, 0.2) is 22.0 Å². The van der Waals surface area contributed by atoms with E-state index in [0.717, 1.165) is 5.56 Å². The lowest BCUT2D eigenvalue weighted by Crippen LogP contribution is -2.20. The molecule has 1 aromatic carbocycles. The molecule has 0 amide bonds. The Morgan fingerprint density at radius 1 is 1.37 bits per heavy atom. The maximum atomic E-state index is 14.2. The third-order valence-electron chi connectivity index (χ3n) is 2.84. The van der Waals surface area contributed by atoms with Crippen molar-refractivity contribution in [1.29, 1.82) is 0 Å². The predicted molar refractivity (Wildman–Crippen MR) is 79.0 cm³/mol. The fraction of sp³-hybridized carbons (Fsp3) is 0.231. The second kappa shape index (κ2) is 5.87. The SMILES string of the molecule is CNC(c1scc(C)c1Cl)c1c(F)ccc(Br)c1F. The lowest BCUT2D eigenvalue weighted by Gasteiger charge is -2.18. The van der Waals surface area contributed by atoms with Crippen molar-refractivity contribution in [1.82, 2.24) is 5.32 Å². The van der Waals surface area contributed by atoms with Crippen LogP contribution in [0.4, 0.5) is 8.78 Å². The van der Waals surface area contributed by atoms with E-state index in [1.54, 1.807) is 7.05 Å². The Kier molecular flexibility index (Phi) is 4.61. The Bertz CT molecular complexity index is 615. The van der Waals surface area contributed by atoms with E-state index in [-0.39, 0.29) is 10.0 Å². The Labute approximate surface area is 127 Å². The van der Waals surface area contributed by atoms with Crippen LogP contribution in [0.25, 0.3) is 0 Å². The molecule has 19 heavy (non-hydrogen) atoms. The Morgan fingerprint density at radius 2 is 2.05 bits per heavy atom. The average Bonchev–Trinajstić information content (AvgIpc) is 2.71. The molecule has 0 bridgehead atoms. The summed E-state index contributed by atoms with van der Waals surface area (Å²) in [4.78, 5) is 0.706. The summed E-state index contributed by atoms with van der Waals surface area (Å²) in [6.07, 6.45) is 0. The standard InChI is InChI=1S/C13H11BrClF2NS/c1-6-5-19-13(10(6)15)12(18-2)9-8(16)4-3-7(14)11(9)17/h3-5,12,18H,1-2H3. The first-order chi connectivity index (χ1) is 8.97. The molecule has 0 aliphatic heterocycles. The van der Waals surface area contributed by atoms with Crippen LogP contribution in [0.3, 0.4) is 0 Å². The molecular formula is C13H11BrClF2NS. The zero-order valence-corrected chi connectivity index (χ0v) is 13.4. The first-order valence-electron chi connectivity index (χ1n) is 5.51. The molecule has 0 spiro atoms. The van der Waals surface area contributed by atoms with Gasteiger partial charge in [0.05, 0.1) is 15.5 Å². The van der Waals surface area contributed by atoms with Crippen molar-refractivity contribution in [2.45, 2.75) is 13.0 Å². The van der Waals surface area contributed by atoms with Gasteiger partial charge in [-0.3, -0.25) is 0 Å². The minimum absolute atomic E-state index is 0.0272. The van der Waals surface area contributed by atoms with Crippen LogP contribution in [0.2, 0.25) is 5.02 Å². The van der Waals surface area contributed by atoms with E-state index >= 15 is 0 Å². The van der Waals surface area contributed by atoms with Crippen molar-refractivity contribution in [3.63, 3.8) is 0 Å². The van der Waals surface area contributed by atoms with E-state index in [4.69, 9.17) is 11.6 Å². The zero-order valence-electron chi connectivity index (χ0n) is 10.2. The number of hydrogen-bond acceptors (Lipinski definition) is 2. The molecule has 1 heterocycles. The number of halogens is 4. The van der Waals surface area contributed by atoms with Crippen molar-refractivity contribution in [3.8, 4) is 0 Å². The Hall–Kier alpha value is -0.490. The van der Waals surface area contributed by atoms with Gasteiger partial charge in [-0.2, -0.15) is 0 Å². The average molecular weight is 367 g/mol. The number of hydrogen-bond donors (Lipinski definition) is 1. The van der Waals surface area contributed by atoms with E-state index in [9.17, 15) is 8.78 Å². The van der Waals surface area contributed by atoms with Crippen molar-refractivity contribution in [2.24, 2.45) is 0 Å². The quantitative estimate of drug-likeness (QED) is 0.749. The normalized spacial score (nSPS) is 12.7. The van der Waals surface area contributed by atoms with Crippen LogP contribution >= 0.6 is 38.9 Å². The summed E-state index contributed by atoms with van der Waals surface area (Å²) >= 11 is 10.6. The summed E-state index contributed by atoms with van der Waals surface area (Å²) in [6, 6.07) is 1.98. The molecule has 2 rings (SSSR count). The van der Waals surface area contributed by atoms with Gasteiger partial charge in [-0.15, -0.1) is 11.3 Å². The molecular weight excluding hydrogens is 356 g/mol. The summed E-state index contributed by atoms with van der Waals surface area (Å²) in [6.45, 7) is 1.86. The van der Waals surface area contributed by atoms with Gasteiger partial charge in [-0.1, -0.05) is 11.6 Å². The molecule has 0 fully saturated rings. The highest BCUT2D eigenvalue weighted by Gasteiger charge is 2.25. The topological polar surface area (TPSA) is 12.0 Å². The van der Waals surface area contributed by atoms with Crippen molar-refractivity contribution in [2.75, 3.05) is 7.05 Å². The second-order valence-electron chi connectivity index (χ2n) is 4.08. The van der Waals surface area contributed by atoms with Gasteiger partial charge in [0.15, 0.2) is 0 Å². The zero-order chi connectivity index (χ0) is 14.2. The molecule has 102 valence electrons. The number of rotatable bonds is 3. The van der Waals surface area contributed by atoms with Crippen LogP contribution in [0.5, 0.6) is 0 Å². The van der Waals surface area contributed by atoms with E-state index in [1.807, 2.05) is 12.3 Å². The van der Waals surface area contributed by atoms with Gasteiger partial charge in [0.1, 0.15) is 11.6 Å². The predicted octanol–water partition coefficient (Wildman–Crippen LogP) is 5.06. The van der Waals surface area contributed by atoms with Crippen LogP contribution in [0.1, 0.15) is 22.0 Å². The monoisotopic (exact) mass is 365 g/mol. The largest absolute Gasteiger partial charge is 0.308 e. The van der Waals surface area contributed by atoms with E-state index in [1.165, 1.54) is 23.5 Å². The first-order valence-corrected chi connectivity index (χ1v) is 7.56. The van der Waals surface area contributed by atoms with Gasteiger partial charge in [0.2, 0.25) is 0 Å². The van der Waals surface area contributed by atoms with Crippen LogP contribution < -0.4 is 5.32 Å². The van der Waals surface area contributed by atoms with Gasteiger partial charge in [0.25, 0.3) is 0 Å². The molecule has 1 unspecified atom stereocenters. The van der Waals surface area contributed by atoms with E-state index in [2.05, 4.69) is 21.2 Å². The fourth-order valence-electron chi connectivity index (χ4n) is 1.86. The number of benzene rings is 1. The van der Waals surface area contributed by atoms with Crippen LogP contribution in [-0.2, 0) is 0 Å². The minimum Gasteiger partial charge on any atom is -0.308 e. The number of aryl methyl sites for hydroxylation is 1. The summed E-state index contributed by atoms with van der Waals surface area (Å²) in [5.74, 6) is -1.20. The van der Waals surface area contributed by atoms with Crippen LogP contribution in [0, 0.1) is 18.6 Å². The molecule has 0 saturated carbocycles. The Balaban J connectivity index is 2.61. The van der Waals surface area contributed by atoms with Gasteiger partial charge < -0.3 is 5.32 Å². The van der Waals surface area contributed by atoms with Crippen molar-refractivity contribution in [3.05, 3.63) is 54.6 Å². The lowest BCUT2D eigenvalue weighted by atomic mass is 10.0. The van der Waals surface area contributed by atoms with Gasteiger partial charge in [0, 0.05) is 10.4 Å². The molecule has 0 radical (unpaired) electrons. The minimum atomic E-state index is -0.610. The molecule has 6 heteroatoms. The number of nitrogens with one attached hydrogen (secondary N) is 1. The highest BCUT2D eigenvalue weighted by Crippen LogP contribution is 2.38. The third-order valence-corrected chi connectivity index (χ3v) is 5.24. The van der Waals surface area contributed by atoms with Crippen LogP contribution in [-0.4, -0.2) is 7.05 Å². The highest BCUT2D eigenvalue weighted by molar-refractivity contribution is 9.10. The highest BCUT2D eigenvalue weighted by atomic mass is 79.9. The molecule has 1 nitrogen and oxygen atoms in total. The molecule has 1 aromatic heterocycles. The molecule has 0 saturated heterocycles. The first kappa shape index (κ1) is 14.9.